The molecule has 18 heteroatoms. The average Bonchev–Trinajstić information content (AvgIpc) is 4.13. The van der Waals surface area contributed by atoms with Gasteiger partial charge in [0.1, 0.15) is 34.5 Å². The maximum absolute atomic E-state index is 13.3. The number of rotatable bonds is 36. The molecule has 82 heavy (non-hydrogen) atoms. The number of hydrogen-bond acceptors (Lipinski definition) is 18. The van der Waals surface area contributed by atoms with E-state index >= 15 is 0 Å². The highest BCUT2D eigenvalue weighted by molar-refractivity contribution is 7.22. The molecule has 1 N–H and O–H groups in total. The Kier molecular flexibility index (Phi) is 26.5. The standard InChI is InChI=1S/C64H79N3O14S/c1-3-60(69)76-39-13-7-5-11-37-74-52-25-29-54(30-26-52)80-62(71)49-21-17-47(18-22-49)45-78-56-33-34-58(51(43-56)44-65-67(35-41-73-42-36-68)64-66-57-15-9-10-16-59(57)82-64)79-46-48-19-23-50(24-20-48)63(72)81-55-31-27-53(28-32-55)75-38-12-6-8-14-40-77-61(70)4-2/h3-4,9-10,15-16,25-34,43-44,47-50,68H,1-2,5-8,11-14,17-24,35-42,45-46H2/b65-44+. The highest BCUT2D eigenvalue weighted by Crippen LogP contribution is 2.35. The van der Waals surface area contributed by atoms with Crippen molar-refractivity contribution in [2.75, 3.05) is 71.0 Å². The van der Waals surface area contributed by atoms with E-state index in [4.69, 9.17) is 52.7 Å². The molecule has 2 saturated carbocycles. The molecule has 0 amide bonds. The molecule has 5 aromatic rings. The fourth-order valence-corrected chi connectivity index (χ4v) is 10.5. The van der Waals surface area contributed by atoms with Crippen LogP contribution in [0.2, 0.25) is 0 Å². The lowest BCUT2D eigenvalue weighted by atomic mass is 9.82. The molecule has 0 atom stereocenters. The van der Waals surface area contributed by atoms with E-state index < -0.39 is 11.9 Å². The third-order valence-electron chi connectivity index (χ3n) is 14.3. The summed E-state index contributed by atoms with van der Waals surface area (Å²) in [5.41, 5.74) is 1.59. The van der Waals surface area contributed by atoms with Gasteiger partial charge >= 0.3 is 23.9 Å². The second-order valence-electron chi connectivity index (χ2n) is 20.5. The fourth-order valence-electron chi connectivity index (χ4n) is 9.59. The number of aliphatic hydroxyl groups is 1. The van der Waals surface area contributed by atoms with Gasteiger partial charge in [0.25, 0.3) is 0 Å². The van der Waals surface area contributed by atoms with Crippen LogP contribution in [0.4, 0.5) is 5.13 Å². The first kappa shape index (κ1) is 62.3. The van der Waals surface area contributed by atoms with Crippen LogP contribution in [0.25, 0.3) is 10.2 Å². The lowest BCUT2D eigenvalue weighted by Gasteiger charge is -2.28. The van der Waals surface area contributed by atoms with Gasteiger partial charge in [0.15, 0.2) is 0 Å². The summed E-state index contributed by atoms with van der Waals surface area (Å²) in [6, 6.07) is 28.0. The summed E-state index contributed by atoms with van der Waals surface area (Å²) in [5, 5.41) is 16.8. The number of benzene rings is 4. The minimum atomic E-state index is -0.400. The lowest BCUT2D eigenvalue weighted by molar-refractivity contribution is -0.141. The second kappa shape index (κ2) is 34.9. The summed E-state index contributed by atoms with van der Waals surface area (Å²) in [6.07, 6.45) is 17.3. The van der Waals surface area contributed by atoms with Crippen LogP contribution < -0.4 is 33.4 Å². The topological polar surface area (TPSA) is 200 Å². The van der Waals surface area contributed by atoms with Crippen LogP contribution >= 0.6 is 11.3 Å². The predicted molar refractivity (Wildman–Crippen MR) is 315 cm³/mol. The van der Waals surface area contributed by atoms with Crippen molar-refractivity contribution in [3.8, 4) is 34.5 Å². The van der Waals surface area contributed by atoms with Crippen molar-refractivity contribution in [1.29, 1.82) is 0 Å². The summed E-state index contributed by atoms with van der Waals surface area (Å²) < 4.78 is 53.1. The van der Waals surface area contributed by atoms with Crippen molar-refractivity contribution in [2.24, 2.45) is 28.8 Å². The molecular weight excluding hydrogens is 1070 g/mol. The van der Waals surface area contributed by atoms with Crippen LogP contribution in [0.1, 0.15) is 108 Å². The van der Waals surface area contributed by atoms with E-state index in [1.807, 2.05) is 66.7 Å². The monoisotopic (exact) mass is 1150 g/mol. The first-order chi connectivity index (χ1) is 40.2. The van der Waals surface area contributed by atoms with Crippen molar-refractivity contribution < 1.29 is 66.9 Å². The maximum atomic E-state index is 13.3. The number of fused-ring (bicyclic) bond motifs is 1. The zero-order valence-corrected chi connectivity index (χ0v) is 47.8. The van der Waals surface area contributed by atoms with E-state index in [0.29, 0.717) is 118 Å². The Morgan fingerprint density at radius 3 is 1.60 bits per heavy atom. The van der Waals surface area contributed by atoms with Crippen molar-refractivity contribution in [3.63, 3.8) is 0 Å². The van der Waals surface area contributed by atoms with Gasteiger partial charge in [0, 0.05) is 17.7 Å². The predicted octanol–water partition coefficient (Wildman–Crippen LogP) is 12.1. The van der Waals surface area contributed by atoms with Gasteiger partial charge in [-0.2, -0.15) is 5.10 Å². The molecule has 440 valence electrons. The zero-order valence-electron chi connectivity index (χ0n) is 47.0. The van der Waals surface area contributed by atoms with Crippen LogP contribution in [-0.4, -0.2) is 106 Å². The summed E-state index contributed by atoms with van der Waals surface area (Å²) >= 11 is 1.53. The number of esters is 4. The molecule has 2 fully saturated rings. The van der Waals surface area contributed by atoms with Crippen LogP contribution in [0.5, 0.6) is 34.5 Å². The normalized spacial score (nSPS) is 16.9. The lowest BCUT2D eigenvalue weighted by Crippen LogP contribution is -2.28. The smallest absolute Gasteiger partial charge is 0.330 e. The Morgan fingerprint density at radius 2 is 1.07 bits per heavy atom. The summed E-state index contributed by atoms with van der Waals surface area (Å²) in [4.78, 5) is 53.7. The van der Waals surface area contributed by atoms with Crippen molar-refractivity contribution in [2.45, 2.75) is 103 Å². The minimum absolute atomic E-state index is 0.0806. The van der Waals surface area contributed by atoms with Gasteiger partial charge in [-0.1, -0.05) is 36.6 Å². The van der Waals surface area contributed by atoms with Crippen molar-refractivity contribution >= 4 is 56.8 Å². The molecule has 17 nitrogen and oxygen atoms in total. The van der Waals surface area contributed by atoms with E-state index in [0.717, 1.165) is 92.8 Å². The SMILES string of the molecule is C=CC(=O)OCCCCCCOc1ccc(OC(=O)C2CCC(COc3ccc(OCC4CCC(C(=O)Oc5ccc(OCCCCCCOC(=O)C=C)cc5)CC4)c(/C=N/N(CCOCCO)c4nc5ccccc5s4)c3)CC2)cc1. The minimum Gasteiger partial charge on any atom is -0.494 e. The molecule has 0 saturated heterocycles. The molecule has 1 heterocycles. The number of aromatic nitrogens is 1. The fraction of sp³-hybridized carbons (Fsp3) is 0.469. The molecule has 7 rings (SSSR count). The molecule has 2 aliphatic carbocycles. The molecular formula is C64H79N3O14S. The zero-order chi connectivity index (χ0) is 57.6. The summed E-state index contributed by atoms with van der Waals surface area (Å²) in [5.74, 6) is 2.51. The quantitative estimate of drug-likeness (QED) is 0.00990. The van der Waals surface area contributed by atoms with Crippen LogP contribution in [0.3, 0.4) is 0 Å². The number of carbonyl (C=O) groups excluding carboxylic acids is 4. The largest absolute Gasteiger partial charge is 0.494 e. The highest BCUT2D eigenvalue weighted by atomic mass is 32.1. The van der Waals surface area contributed by atoms with Gasteiger partial charge in [0.2, 0.25) is 5.13 Å². The van der Waals surface area contributed by atoms with Crippen LogP contribution in [0.15, 0.2) is 121 Å². The maximum Gasteiger partial charge on any atom is 0.330 e. The number of anilines is 1. The van der Waals surface area contributed by atoms with Gasteiger partial charge in [0.05, 0.1) is 94.3 Å². The van der Waals surface area contributed by atoms with E-state index in [1.165, 1.54) is 23.5 Å². The Labute approximate surface area is 485 Å². The van der Waals surface area contributed by atoms with E-state index in [2.05, 4.69) is 13.2 Å². The number of unbranched alkanes of at least 4 members (excludes halogenated alkanes) is 6. The average molecular weight is 1150 g/mol. The first-order valence-electron chi connectivity index (χ1n) is 28.9. The number of carbonyl (C=O) groups is 4. The Bertz CT molecular complexity index is 2750. The Morgan fingerprint density at radius 1 is 0.573 bits per heavy atom. The molecule has 4 aromatic carbocycles. The number of ether oxygens (including phenoxy) is 9. The van der Waals surface area contributed by atoms with Crippen molar-refractivity contribution in [3.05, 3.63) is 122 Å². The van der Waals surface area contributed by atoms with E-state index in [-0.39, 0.29) is 48.8 Å². The molecule has 2 aliphatic rings. The molecule has 0 bridgehead atoms. The van der Waals surface area contributed by atoms with Gasteiger partial charge < -0.3 is 47.7 Å². The third-order valence-corrected chi connectivity index (χ3v) is 15.4. The number of hydrogen-bond donors (Lipinski definition) is 1. The molecule has 0 aliphatic heterocycles. The van der Waals surface area contributed by atoms with Crippen LogP contribution in [0, 0.1) is 23.7 Å². The van der Waals surface area contributed by atoms with Gasteiger partial charge in [-0.25, -0.2) is 19.6 Å². The number of aliphatic hydroxyl groups excluding tert-OH is 1. The second-order valence-corrected chi connectivity index (χ2v) is 21.5. The Hall–Kier alpha value is -7.28. The number of nitrogens with zero attached hydrogens (tertiary/aromatic N) is 3. The summed E-state index contributed by atoms with van der Waals surface area (Å²) in [7, 11) is 0. The van der Waals surface area contributed by atoms with E-state index in [9.17, 15) is 24.3 Å². The first-order valence-corrected chi connectivity index (χ1v) is 29.7. The van der Waals surface area contributed by atoms with E-state index in [1.54, 1.807) is 35.5 Å². The number of para-hydroxylation sites is 1. The summed E-state index contributed by atoms with van der Waals surface area (Å²) in [6.45, 7) is 10.5. The van der Waals surface area contributed by atoms with Crippen LogP contribution in [-0.2, 0) is 33.4 Å². The van der Waals surface area contributed by atoms with Crippen molar-refractivity contribution in [1.82, 2.24) is 4.98 Å². The Balaban J connectivity index is 0.879. The van der Waals surface area contributed by atoms with Gasteiger partial charge in [-0.3, -0.25) is 9.59 Å². The molecule has 1 aromatic heterocycles. The number of hydrazone groups is 1. The number of thiazole rings is 1. The molecule has 0 unspecified atom stereocenters. The van der Waals surface area contributed by atoms with Gasteiger partial charge in [-0.15, -0.1) is 0 Å². The third kappa shape index (κ3) is 21.6. The molecule has 0 radical (unpaired) electrons. The molecule has 0 spiro atoms. The highest BCUT2D eigenvalue weighted by Gasteiger charge is 2.30. The van der Waals surface area contributed by atoms with Gasteiger partial charge in [-0.05, 0) is 193 Å².